The number of aryl methyl sites for hydroxylation is 2. The van der Waals surface area contributed by atoms with Crippen molar-refractivity contribution < 1.29 is 9.53 Å². The van der Waals surface area contributed by atoms with E-state index in [1.165, 1.54) is 11.1 Å². The van der Waals surface area contributed by atoms with Crippen molar-refractivity contribution in [3.63, 3.8) is 0 Å². The first-order valence-electron chi connectivity index (χ1n) is 8.07. The summed E-state index contributed by atoms with van der Waals surface area (Å²) in [5.41, 5.74) is 9.62. The second kappa shape index (κ2) is 9.03. The van der Waals surface area contributed by atoms with E-state index in [4.69, 9.17) is 17.0 Å². The molecule has 0 aliphatic rings. The van der Waals surface area contributed by atoms with Crippen LogP contribution in [0.1, 0.15) is 23.1 Å². The third-order valence-corrected chi connectivity index (χ3v) is 3.99. The summed E-state index contributed by atoms with van der Waals surface area (Å²) in [5.74, 6) is 0.552. The predicted molar refractivity (Wildman–Crippen MR) is 105 cm³/mol. The van der Waals surface area contributed by atoms with Gasteiger partial charge in [-0.25, -0.2) is 0 Å². The number of ether oxygens (including phenoxy) is 1. The Hall–Kier alpha value is -2.60. The lowest BCUT2D eigenvalue weighted by molar-refractivity contribution is -0.122. The molecule has 0 heterocycles. The van der Waals surface area contributed by atoms with E-state index in [0.717, 1.165) is 17.0 Å². The Morgan fingerprint density at radius 1 is 1.04 bits per heavy atom. The summed E-state index contributed by atoms with van der Waals surface area (Å²) in [5, 5.41) is 3.40. The molecule has 0 aromatic heterocycles. The van der Waals surface area contributed by atoms with Crippen LogP contribution in [-0.2, 0) is 4.79 Å². The monoisotopic (exact) mass is 357 g/mol. The van der Waals surface area contributed by atoms with Crippen LogP contribution in [-0.4, -0.2) is 17.6 Å². The summed E-state index contributed by atoms with van der Waals surface area (Å²) in [6.07, 6.45) is 0.229. The second-order valence-corrected chi connectivity index (χ2v) is 6.19. The van der Waals surface area contributed by atoms with Gasteiger partial charge in [-0.3, -0.25) is 15.6 Å². The van der Waals surface area contributed by atoms with Crippen molar-refractivity contribution in [1.82, 2.24) is 10.9 Å². The topological polar surface area (TPSA) is 62.4 Å². The lowest BCUT2D eigenvalue weighted by Gasteiger charge is -2.14. The smallest absolute Gasteiger partial charge is 0.241 e. The summed E-state index contributed by atoms with van der Waals surface area (Å²) < 4.78 is 5.53. The summed E-state index contributed by atoms with van der Waals surface area (Å²) in [6.45, 7) is 6.36. The fraction of sp³-hybridized carbons (Fsp3) is 0.263. The minimum absolute atomic E-state index is 0.197. The Morgan fingerprint density at radius 2 is 1.76 bits per heavy atom. The van der Waals surface area contributed by atoms with Gasteiger partial charge in [0.2, 0.25) is 5.91 Å². The molecule has 0 fully saturated rings. The molecule has 0 radical (unpaired) electrons. The van der Waals surface area contributed by atoms with E-state index in [2.05, 4.69) is 16.2 Å². The summed E-state index contributed by atoms with van der Waals surface area (Å²) >= 11 is 5.19. The Labute approximate surface area is 153 Å². The van der Waals surface area contributed by atoms with Crippen molar-refractivity contribution in [1.29, 1.82) is 0 Å². The van der Waals surface area contributed by atoms with Gasteiger partial charge in [0.25, 0.3) is 0 Å². The van der Waals surface area contributed by atoms with Gasteiger partial charge < -0.3 is 10.1 Å². The largest absolute Gasteiger partial charge is 0.493 e. The van der Waals surface area contributed by atoms with E-state index in [0.29, 0.717) is 11.7 Å². The fourth-order valence-corrected chi connectivity index (χ4v) is 2.29. The molecule has 0 spiro atoms. The molecule has 132 valence electrons. The van der Waals surface area contributed by atoms with Crippen LogP contribution < -0.4 is 20.9 Å². The van der Waals surface area contributed by atoms with Crippen LogP contribution in [0.3, 0.4) is 0 Å². The van der Waals surface area contributed by atoms with Gasteiger partial charge in [-0.2, -0.15) is 0 Å². The number of nitrogens with one attached hydrogen (secondary N) is 3. The predicted octanol–water partition coefficient (Wildman–Crippen LogP) is 3.40. The van der Waals surface area contributed by atoms with Crippen molar-refractivity contribution in [2.75, 3.05) is 11.9 Å². The van der Waals surface area contributed by atoms with Crippen LogP contribution >= 0.6 is 12.2 Å². The molecule has 0 aliphatic carbocycles. The maximum Gasteiger partial charge on any atom is 0.241 e. The fourth-order valence-electron chi connectivity index (χ4n) is 2.13. The minimum Gasteiger partial charge on any atom is -0.493 e. The van der Waals surface area contributed by atoms with Gasteiger partial charge in [0.1, 0.15) is 5.75 Å². The van der Waals surface area contributed by atoms with E-state index in [1.807, 2.05) is 63.2 Å². The normalized spacial score (nSPS) is 10.0. The number of hydrazine groups is 1. The average Bonchev–Trinajstić information content (AvgIpc) is 2.59. The molecule has 25 heavy (non-hydrogen) atoms. The van der Waals surface area contributed by atoms with Crippen LogP contribution in [0.4, 0.5) is 5.69 Å². The molecule has 2 aromatic carbocycles. The maximum absolute atomic E-state index is 11.8. The highest BCUT2D eigenvalue weighted by Gasteiger charge is 2.05. The Kier molecular flexibility index (Phi) is 6.77. The van der Waals surface area contributed by atoms with Gasteiger partial charge in [-0.05, 0) is 62.3 Å². The second-order valence-electron chi connectivity index (χ2n) is 5.79. The number of carbonyl (C=O) groups excluding carboxylic acids is 1. The molecular formula is C19H23N3O2S. The molecule has 2 rings (SSSR count). The Balaban J connectivity index is 1.69. The molecule has 6 heteroatoms. The third kappa shape index (κ3) is 6.08. The minimum atomic E-state index is -0.197. The van der Waals surface area contributed by atoms with Crippen molar-refractivity contribution in [2.24, 2.45) is 0 Å². The standard InChI is InChI=1S/C19H23N3O2S/c1-13-7-9-16(10-8-13)24-12-11-18(23)21-22-19(25)20-17-6-4-5-14(2)15(17)3/h4-10H,11-12H2,1-3H3,(H,21,23)(H2,20,22,25). The summed E-state index contributed by atoms with van der Waals surface area (Å²) in [4.78, 5) is 11.8. The highest BCUT2D eigenvalue weighted by molar-refractivity contribution is 7.80. The molecule has 0 unspecified atom stereocenters. The highest BCUT2D eigenvalue weighted by Crippen LogP contribution is 2.17. The molecule has 2 aromatic rings. The number of thiocarbonyl (C=S) groups is 1. The molecule has 0 bridgehead atoms. The van der Waals surface area contributed by atoms with E-state index in [1.54, 1.807) is 0 Å². The van der Waals surface area contributed by atoms with Crippen LogP contribution in [0.15, 0.2) is 42.5 Å². The van der Waals surface area contributed by atoms with Gasteiger partial charge in [-0.1, -0.05) is 29.8 Å². The van der Waals surface area contributed by atoms with Crippen molar-refractivity contribution >= 4 is 28.9 Å². The van der Waals surface area contributed by atoms with E-state index in [9.17, 15) is 4.79 Å². The molecule has 1 amide bonds. The van der Waals surface area contributed by atoms with Gasteiger partial charge in [-0.15, -0.1) is 0 Å². The number of carbonyl (C=O) groups is 1. The zero-order valence-corrected chi connectivity index (χ0v) is 15.5. The van der Waals surface area contributed by atoms with Crippen LogP contribution in [0, 0.1) is 20.8 Å². The Morgan fingerprint density at radius 3 is 2.48 bits per heavy atom. The van der Waals surface area contributed by atoms with Crippen molar-refractivity contribution in [3.8, 4) is 5.75 Å². The van der Waals surface area contributed by atoms with Crippen LogP contribution in [0.5, 0.6) is 5.75 Å². The van der Waals surface area contributed by atoms with Crippen LogP contribution in [0.25, 0.3) is 0 Å². The van der Waals surface area contributed by atoms with Crippen molar-refractivity contribution in [3.05, 3.63) is 59.2 Å². The summed E-state index contributed by atoms with van der Waals surface area (Å²) in [7, 11) is 0. The van der Waals surface area contributed by atoms with Crippen molar-refractivity contribution in [2.45, 2.75) is 27.2 Å². The van der Waals surface area contributed by atoms with Gasteiger partial charge in [0.05, 0.1) is 13.0 Å². The van der Waals surface area contributed by atoms with E-state index >= 15 is 0 Å². The van der Waals surface area contributed by atoms with Gasteiger partial charge >= 0.3 is 0 Å². The lowest BCUT2D eigenvalue weighted by Crippen LogP contribution is -2.44. The summed E-state index contributed by atoms with van der Waals surface area (Å²) in [6, 6.07) is 13.6. The van der Waals surface area contributed by atoms with Gasteiger partial charge in [0, 0.05) is 5.69 Å². The molecule has 0 atom stereocenters. The zero-order chi connectivity index (χ0) is 18.2. The molecule has 0 aliphatic heterocycles. The zero-order valence-electron chi connectivity index (χ0n) is 14.7. The number of rotatable bonds is 5. The first-order chi connectivity index (χ1) is 12.0. The number of hydrogen-bond donors (Lipinski definition) is 3. The first kappa shape index (κ1) is 18.7. The third-order valence-electron chi connectivity index (χ3n) is 3.79. The Bertz CT molecular complexity index is 745. The van der Waals surface area contributed by atoms with Gasteiger partial charge in [0.15, 0.2) is 5.11 Å². The average molecular weight is 357 g/mol. The SMILES string of the molecule is Cc1ccc(OCCC(=O)NNC(=S)Nc2cccc(C)c2C)cc1. The quantitative estimate of drug-likeness (QED) is 0.565. The molecule has 5 nitrogen and oxygen atoms in total. The number of amides is 1. The number of anilines is 1. The van der Waals surface area contributed by atoms with Crippen LogP contribution in [0.2, 0.25) is 0 Å². The number of hydrogen-bond acceptors (Lipinski definition) is 3. The molecule has 0 saturated heterocycles. The first-order valence-corrected chi connectivity index (χ1v) is 8.48. The number of benzene rings is 2. The lowest BCUT2D eigenvalue weighted by atomic mass is 10.1. The molecule has 0 saturated carbocycles. The van der Waals surface area contributed by atoms with E-state index in [-0.39, 0.29) is 12.3 Å². The van der Waals surface area contributed by atoms with E-state index < -0.39 is 0 Å². The highest BCUT2D eigenvalue weighted by atomic mass is 32.1. The molecule has 3 N–H and O–H groups in total. The molecular weight excluding hydrogens is 334 g/mol. The maximum atomic E-state index is 11.8.